The molecule has 0 unspecified atom stereocenters. The van der Waals surface area contributed by atoms with Gasteiger partial charge in [0.15, 0.2) is 0 Å². The fourth-order valence-corrected chi connectivity index (χ4v) is 2.69. The number of hydrogen-bond donors (Lipinski definition) is 2. The Morgan fingerprint density at radius 1 is 1.23 bits per heavy atom. The van der Waals surface area contributed by atoms with Gasteiger partial charge in [0.25, 0.3) is 0 Å². The highest BCUT2D eigenvalue weighted by atomic mass is 15.1. The van der Waals surface area contributed by atoms with Crippen LogP contribution in [0.15, 0.2) is 18.2 Å². The van der Waals surface area contributed by atoms with Gasteiger partial charge in [-0.3, -0.25) is 0 Å². The van der Waals surface area contributed by atoms with Crippen molar-refractivity contribution in [1.29, 1.82) is 5.41 Å². The summed E-state index contributed by atoms with van der Waals surface area (Å²) in [5.41, 5.74) is 3.22. The topological polar surface area (TPSA) is 39.1 Å². The lowest BCUT2D eigenvalue weighted by Crippen LogP contribution is -2.31. The molecule has 0 spiro atoms. The third-order valence-corrected chi connectivity index (χ3v) is 4.43. The molecule has 0 amide bonds. The van der Waals surface area contributed by atoms with Crippen molar-refractivity contribution < 1.29 is 0 Å². The van der Waals surface area contributed by atoms with Crippen LogP contribution in [0, 0.1) is 17.2 Å². The number of anilines is 2. The molecule has 0 aliphatic rings. The van der Waals surface area contributed by atoms with Crippen LogP contribution in [0.3, 0.4) is 0 Å². The first-order valence-corrected chi connectivity index (χ1v) is 8.62. The molecular weight excluding hydrogens is 270 g/mol. The number of nitrogens with one attached hydrogen (secondary N) is 2. The Kier molecular flexibility index (Phi) is 8.00. The van der Waals surface area contributed by atoms with Crippen LogP contribution in [-0.4, -0.2) is 26.4 Å². The maximum absolute atomic E-state index is 7.63. The van der Waals surface area contributed by atoms with Gasteiger partial charge >= 0.3 is 0 Å². The van der Waals surface area contributed by atoms with E-state index in [0.29, 0.717) is 5.92 Å². The summed E-state index contributed by atoms with van der Waals surface area (Å²) in [7, 11) is 1.91. The van der Waals surface area contributed by atoms with Gasteiger partial charge in [-0.05, 0) is 36.5 Å². The normalized spacial score (nSPS) is 11.0. The zero-order chi connectivity index (χ0) is 16.5. The fourth-order valence-electron chi connectivity index (χ4n) is 2.69. The molecule has 1 rings (SSSR count). The molecule has 0 heterocycles. The van der Waals surface area contributed by atoms with E-state index in [1.54, 1.807) is 0 Å². The van der Waals surface area contributed by atoms with Gasteiger partial charge in [-0.2, -0.15) is 0 Å². The van der Waals surface area contributed by atoms with Gasteiger partial charge in [-0.1, -0.05) is 40.5 Å². The van der Waals surface area contributed by atoms with Crippen LogP contribution in [0.1, 0.15) is 52.5 Å². The van der Waals surface area contributed by atoms with E-state index in [1.165, 1.54) is 31.2 Å². The summed E-state index contributed by atoms with van der Waals surface area (Å²) in [4.78, 5) is 2.50. The van der Waals surface area contributed by atoms with Crippen LogP contribution in [0.5, 0.6) is 0 Å². The maximum atomic E-state index is 7.63. The second-order valence-corrected chi connectivity index (χ2v) is 6.48. The Bertz CT molecular complexity index is 450. The largest absolute Gasteiger partial charge is 0.388 e. The summed E-state index contributed by atoms with van der Waals surface area (Å²) in [6, 6.07) is 6.41. The number of rotatable bonds is 10. The molecule has 0 saturated heterocycles. The first-order valence-electron chi connectivity index (χ1n) is 8.62. The number of nitrogens with zero attached hydrogens (tertiary/aromatic N) is 1. The first-order chi connectivity index (χ1) is 10.5. The molecule has 0 radical (unpaired) electrons. The molecule has 0 bridgehead atoms. The molecule has 1 aromatic rings. The van der Waals surface area contributed by atoms with Gasteiger partial charge in [0.05, 0.1) is 0 Å². The molecule has 0 aromatic heterocycles. The van der Waals surface area contributed by atoms with E-state index in [2.05, 4.69) is 56.1 Å². The Morgan fingerprint density at radius 3 is 2.41 bits per heavy atom. The average Bonchev–Trinajstić information content (AvgIpc) is 2.54. The lowest BCUT2D eigenvalue weighted by atomic mass is 10.0. The minimum Gasteiger partial charge on any atom is -0.388 e. The predicted molar refractivity (Wildman–Crippen MR) is 99.6 cm³/mol. The van der Waals surface area contributed by atoms with E-state index >= 15 is 0 Å². The summed E-state index contributed by atoms with van der Waals surface area (Å²) >= 11 is 0. The van der Waals surface area contributed by atoms with Gasteiger partial charge in [-0.15, -0.1) is 0 Å². The lowest BCUT2D eigenvalue weighted by molar-refractivity contribution is 0.469. The lowest BCUT2D eigenvalue weighted by Gasteiger charge is -2.30. The van der Waals surface area contributed by atoms with Gasteiger partial charge in [0.2, 0.25) is 0 Å². The summed E-state index contributed by atoms with van der Waals surface area (Å²) < 4.78 is 0. The van der Waals surface area contributed by atoms with E-state index < -0.39 is 0 Å². The van der Waals surface area contributed by atoms with Crippen molar-refractivity contribution in [2.45, 2.75) is 47.0 Å². The summed E-state index contributed by atoms with van der Waals surface area (Å²) in [6.45, 7) is 11.3. The van der Waals surface area contributed by atoms with Crippen molar-refractivity contribution in [3.05, 3.63) is 23.8 Å². The maximum Gasteiger partial charge on any atom is 0.0428 e. The highest BCUT2D eigenvalue weighted by Gasteiger charge is 2.14. The third kappa shape index (κ3) is 5.36. The van der Waals surface area contributed by atoms with Crippen molar-refractivity contribution in [2.24, 2.45) is 11.8 Å². The molecule has 124 valence electrons. The monoisotopic (exact) mass is 303 g/mol. The number of benzene rings is 1. The molecule has 0 aliphatic heterocycles. The molecule has 3 nitrogen and oxygen atoms in total. The van der Waals surface area contributed by atoms with Crippen LogP contribution in [0.4, 0.5) is 11.4 Å². The van der Waals surface area contributed by atoms with Crippen molar-refractivity contribution in [3.8, 4) is 0 Å². The van der Waals surface area contributed by atoms with Crippen molar-refractivity contribution in [1.82, 2.24) is 0 Å². The second kappa shape index (κ2) is 9.50. The zero-order valence-electron chi connectivity index (χ0n) is 14.9. The fraction of sp³-hybridized carbons (Fsp3) is 0.632. The van der Waals surface area contributed by atoms with Crippen LogP contribution < -0.4 is 10.2 Å². The molecule has 3 heteroatoms. The quantitative estimate of drug-likeness (QED) is 0.596. The molecule has 0 saturated carbocycles. The minimum atomic E-state index is 0.711. The molecule has 0 fully saturated rings. The van der Waals surface area contributed by atoms with Gasteiger partial charge in [-0.25, -0.2) is 0 Å². The predicted octanol–water partition coefficient (Wildman–Crippen LogP) is 5.01. The molecule has 0 aliphatic carbocycles. The van der Waals surface area contributed by atoms with Gasteiger partial charge in [0, 0.05) is 43.3 Å². The molecule has 22 heavy (non-hydrogen) atoms. The summed E-state index contributed by atoms with van der Waals surface area (Å²) in [5, 5.41) is 10.8. The molecular formula is C19H33N3. The molecule has 1 aromatic carbocycles. The summed E-state index contributed by atoms with van der Waals surface area (Å²) in [5.74, 6) is 1.45. The van der Waals surface area contributed by atoms with Gasteiger partial charge < -0.3 is 15.6 Å². The average molecular weight is 303 g/mol. The van der Waals surface area contributed by atoms with E-state index in [1.807, 2.05) is 7.05 Å². The highest BCUT2D eigenvalue weighted by Crippen LogP contribution is 2.24. The minimum absolute atomic E-state index is 0.711. The van der Waals surface area contributed by atoms with E-state index in [-0.39, 0.29) is 0 Å². The van der Waals surface area contributed by atoms with E-state index in [9.17, 15) is 0 Å². The van der Waals surface area contributed by atoms with Crippen molar-refractivity contribution in [2.75, 3.05) is 30.4 Å². The van der Waals surface area contributed by atoms with Crippen LogP contribution in [0.2, 0.25) is 0 Å². The molecule has 0 atom stereocenters. The van der Waals surface area contributed by atoms with Gasteiger partial charge in [0.1, 0.15) is 0 Å². The van der Waals surface area contributed by atoms with Crippen LogP contribution in [-0.2, 0) is 0 Å². The van der Waals surface area contributed by atoms with Crippen LogP contribution in [0.25, 0.3) is 0 Å². The smallest absolute Gasteiger partial charge is 0.0428 e. The Balaban J connectivity index is 3.00. The Labute approximate surface area is 136 Å². The number of hydrogen-bond acceptors (Lipinski definition) is 3. The Hall–Kier alpha value is -1.51. The van der Waals surface area contributed by atoms with Crippen molar-refractivity contribution >= 4 is 17.6 Å². The van der Waals surface area contributed by atoms with Crippen molar-refractivity contribution in [3.63, 3.8) is 0 Å². The first kappa shape index (κ1) is 18.5. The molecule has 2 N–H and O–H groups in total. The van der Waals surface area contributed by atoms with E-state index in [0.717, 1.165) is 30.3 Å². The summed E-state index contributed by atoms with van der Waals surface area (Å²) in [6.07, 6.45) is 5.09. The Morgan fingerprint density at radius 2 is 1.91 bits per heavy atom. The van der Waals surface area contributed by atoms with E-state index in [4.69, 9.17) is 5.41 Å². The van der Waals surface area contributed by atoms with Crippen LogP contribution >= 0.6 is 0 Å². The zero-order valence-corrected chi connectivity index (χ0v) is 14.9. The highest BCUT2D eigenvalue weighted by molar-refractivity contribution is 5.87. The second-order valence-electron chi connectivity index (χ2n) is 6.48. The standard InChI is InChI=1S/C19H33N3/c1-6-16(7-2)14-22(11-10-15(3)4)18-8-9-19(21-5)17(12-18)13-20/h8-9,12-13,15-16,20-21H,6-7,10-11,14H2,1-5H3. The SMILES string of the molecule is CCC(CC)CN(CCC(C)C)c1ccc(NC)c(C=N)c1. The third-order valence-electron chi connectivity index (χ3n) is 4.43.